The number of anilines is 1. The van der Waals surface area contributed by atoms with Crippen molar-refractivity contribution in [2.45, 2.75) is 18.9 Å². The Hall–Kier alpha value is -3.54. The Morgan fingerprint density at radius 1 is 0.882 bits per heavy atom. The molecule has 34 heavy (non-hydrogen) atoms. The number of fused-ring (bicyclic) bond motifs is 1. The Labute approximate surface area is 207 Å². The van der Waals surface area contributed by atoms with Crippen LogP contribution in [-0.4, -0.2) is 15.9 Å². The molecule has 0 radical (unpaired) electrons. The van der Waals surface area contributed by atoms with Crippen LogP contribution in [0, 0.1) is 0 Å². The summed E-state index contributed by atoms with van der Waals surface area (Å²) in [7, 11) is 0. The number of thiazole rings is 1. The predicted molar refractivity (Wildman–Crippen MR) is 139 cm³/mol. The highest BCUT2D eigenvalue weighted by atomic mass is 35.5. The smallest absolute Gasteiger partial charge is 0.230 e. The zero-order valence-corrected chi connectivity index (χ0v) is 19.9. The van der Waals surface area contributed by atoms with E-state index in [0.717, 1.165) is 27.0 Å². The molecule has 0 atom stereocenters. The molecular weight excluding hydrogens is 462 g/mol. The average molecular weight is 484 g/mol. The quantitative estimate of drug-likeness (QED) is 0.248. The van der Waals surface area contributed by atoms with Gasteiger partial charge in [0.1, 0.15) is 0 Å². The minimum atomic E-state index is -0.0649. The van der Waals surface area contributed by atoms with Crippen LogP contribution in [0.1, 0.15) is 29.2 Å². The van der Waals surface area contributed by atoms with Crippen molar-refractivity contribution in [2.75, 3.05) is 4.90 Å². The maximum atomic E-state index is 13.9. The summed E-state index contributed by atoms with van der Waals surface area (Å²) in [5, 5.41) is 1.30. The normalized spacial score (nSPS) is 11.1. The van der Waals surface area contributed by atoms with Crippen LogP contribution in [0.3, 0.4) is 0 Å². The van der Waals surface area contributed by atoms with Crippen molar-refractivity contribution < 1.29 is 4.79 Å². The van der Waals surface area contributed by atoms with Gasteiger partial charge in [0.15, 0.2) is 5.13 Å². The zero-order chi connectivity index (χ0) is 23.3. The molecule has 6 heteroatoms. The second-order valence-electron chi connectivity index (χ2n) is 7.99. The first-order chi connectivity index (χ1) is 16.7. The van der Waals surface area contributed by atoms with Crippen LogP contribution in [0.15, 0.2) is 103 Å². The Morgan fingerprint density at radius 2 is 1.56 bits per heavy atom. The lowest BCUT2D eigenvalue weighted by Crippen LogP contribution is -2.32. The highest BCUT2D eigenvalue weighted by molar-refractivity contribution is 7.22. The number of amides is 1. The van der Waals surface area contributed by atoms with Gasteiger partial charge in [0.2, 0.25) is 5.91 Å². The van der Waals surface area contributed by atoms with Crippen molar-refractivity contribution in [1.82, 2.24) is 9.97 Å². The van der Waals surface area contributed by atoms with E-state index in [0.29, 0.717) is 23.1 Å². The molecule has 3 aromatic carbocycles. The largest absolute Gasteiger partial charge is 0.282 e. The fourth-order valence-corrected chi connectivity index (χ4v) is 5.26. The Balaban J connectivity index is 1.52. The van der Waals surface area contributed by atoms with Crippen LogP contribution in [-0.2, 0) is 11.3 Å². The van der Waals surface area contributed by atoms with E-state index in [9.17, 15) is 4.79 Å². The van der Waals surface area contributed by atoms with E-state index < -0.39 is 0 Å². The standard InChI is InChI=1S/C28H22ClN3OS/c29-22-14-15-25-26(17-22)34-28(31-25)32(19-23-13-7-8-16-30-23)27(33)18-24(20-9-3-1-4-10-20)21-11-5-2-6-12-21/h1-17,24H,18-19H2. The van der Waals surface area contributed by atoms with Crippen LogP contribution in [0.5, 0.6) is 0 Å². The van der Waals surface area contributed by atoms with Crippen LogP contribution in [0.4, 0.5) is 5.13 Å². The number of nitrogens with zero attached hydrogens (tertiary/aromatic N) is 3. The molecule has 0 aliphatic carbocycles. The van der Waals surface area contributed by atoms with Crippen molar-refractivity contribution in [2.24, 2.45) is 0 Å². The number of carbonyl (C=O) groups is 1. The van der Waals surface area contributed by atoms with E-state index in [2.05, 4.69) is 29.2 Å². The molecule has 0 bridgehead atoms. The van der Waals surface area contributed by atoms with Gasteiger partial charge in [-0.3, -0.25) is 14.7 Å². The molecule has 0 aliphatic rings. The lowest BCUT2D eigenvalue weighted by Gasteiger charge is -2.24. The van der Waals surface area contributed by atoms with Gasteiger partial charge in [0.05, 0.1) is 22.5 Å². The summed E-state index contributed by atoms with van der Waals surface area (Å²) in [6.45, 7) is 0.351. The van der Waals surface area contributed by atoms with Crippen LogP contribution < -0.4 is 4.90 Å². The maximum absolute atomic E-state index is 13.9. The highest BCUT2D eigenvalue weighted by Gasteiger charge is 2.25. The van der Waals surface area contributed by atoms with Crippen LogP contribution >= 0.6 is 22.9 Å². The number of pyridine rings is 1. The lowest BCUT2D eigenvalue weighted by atomic mass is 9.88. The molecule has 5 aromatic rings. The second-order valence-corrected chi connectivity index (χ2v) is 9.43. The molecule has 0 unspecified atom stereocenters. The van der Waals surface area contributed by atoms with E-state index in [4.69, 9.17) is 16.6 Å². The number of hydrogen-bond donors (Lipinski definition) is 0. The topological polar surface area (TPSA) is 46.1 Å². The third-order valence-corrected chi connectivity index (χ3v) is 6.98. The van der Waals surface area contributed by atoms with Gasteiger partial charge in [0.25, 0.3) is 0 Å². The number of rotatable bonds is 7. The molecule has 1 amide bonds. The van der Waals surface area contributed by atoms with Crippen molar-refractivity contribution in [1.29, 1.82) is 0 Å². The maximum Gasteiger partial charge on any atom is 0.230 e. The molecule has 0 fully saturated rings. The monoisotopic (exact) mass is 483 g/mol. The summed E-state index contributed by atoms with van der Waals surface area (Å²) >= 11 is 7.66. The second kappa shape index (κ2) is 10.2. The molecule has 0 N–H and O–H groups in total. The fraction of sp³-hybridized carbons (Fsp3) is 0.107. The van der Waals surface area contributed by atoms with Crippen molar-refractivity contribution in [3.8, 4) is 0 Å². The molecule has 0 spiro atoms. The van der Waals surface area contributed by atoms with Gasteiger partial charge in [-0.05, 0) is 41.5 Å². The van der Waals surface area contributed by atoms with Crippen LogP contribution in [0.2, 0.25) is 5.02 Å². The SMILES string of the molecule is O=C(CC(c1ccccc1)c1ccccc1)N(Cc1ccccn1)c1nc2ccc(Cl)cc2s1. The van der Waals surface area contributed by atoms with Gasteiger partial charge in [-0.25, -0.2) is 4.98 Å². The summed E-state index contributed by atoms with van der Waals surface area (Å²) in [6, 6.07) is 31.7. The minimum Gasteiger partial charge on any atom is -0.282 e. The van der Waals surface area contributed by atoms with Crippen molar-refractivity contribution in [3.63, 3.8) is 0 Å². The molecule has 4 nitrogen and oxygen atoms in total. The molecule has 168 valence electrons. The van der Waals surface area contributed by atoms with E-state index in [1.807, 2.05) is 72.8 Å². The first-order valence-electron chi connectivity index (χ1n) is 11.0. The number of benzene rings is 3. The van der Waals surface area contributed by atoms with Crippen LogP contribution in [0.25, 0.3) is 10.2 Å². The first kappa shape index (κ1) is 22.3. The van der Waals surface area contributed by atoms with Gasteiger partial charge in [-0.1, -0.05) is 89.7 Å². The summed E-state index contributed by atoms with van der Waals surface area (Å²) in [5.74, 6) is -0.0709. The Kier molecular flexibility index (Phi) is 6.65. The van der Waals surface area contributed by atoms with Gasteiger partial charge in [-0.2, -0.15) is 0 Å². The fourth-order valence-electron chi connectivity index (χ4n) is 4.00. The zero-order valence-electron chi connectivity index (χ0n) is 18.3. The third-order valence-electron chi connectivity index (χ3n) is 5.70. The van der Waals surface area contributed by atoms with Gasteiger partial charge >= 0.3 is 0 Å². The summed E-state index contributed by atoms with van der Waals surface area (Å²) in [6.07, 6.45) is 2.06. The number of aromatic nitrogens is 2. The van der Waals surface area contributed by atoms with E-state index >= 15 is 0 Å². The van der Waals surface area contributed by atoms with Gasteiger partial charge in [-0.15, -0.1) is 0 Å². The molecular formula is C28H22ClN3OS. The van der Waals surface area contributed by atoms with E-state index in [-0.39, 0.29) is 11.8 Å². The molecule has 2 aromatic heterocycles. The number of hydrogen-bond acceptors (Lipinski definition) is 4. The third kappa shape index (κ3) is 5.01. The van der Waals surface area contributed by atoms with Gasteiger partial charge in [0, 0.05) is 23.6 Å². The molecule has 0 saturated carbocycles. The minimum absolute atomic E-state index is 0.00601. The number of halogens is 1. The van der Waals surface area contributed by atoms with E-state index in [1.165, 1.54) is 11.3 Å². The average Bonchev–Trinajstić information content (AvgIpc) is 3.30. The highest BCUT2D eigenvalue weighted by Crippen LogP contribution is 2.34. The molecule has 5 rings (SSSR count). The van der Waals surface area contributed by atoms with Crippen molar-refractivity contribution >= 4 is 44.2 Å². The summed E-state index contributed by atoms with van der Waals surface area (Å²) in [4.78, 5) is 24.9. The summed E-state index contributed by atoms with van der Waals surface area (Å²) < 4.78 is 0.948. The van der Waals surface area contributed by atoms with Crippen molar-refractivity contribution in [3.05, 3.63) is 125 Å². The van der Waals surface area contributed by atoms with Gasteiger partial charge < -0.3 is 0 Å². The van der Waals surface area contributed by atoms with E-state index in [1.54, 1.807) is 11.1 Å². The number of carbonyl (C=O) groups excluding carboxylic acids is 1. The lowest BCUT2D eigenvalue weighted by molar-refractivity contribution is -0.119. The predicted octanol–water partition coefficient (Wildman–Crippen LogP) is 7.10. The molecule has 0 saturated heterocycles. The Morgan fingerprint density at radius 3 is 2.21 bits per heavy atom. The first-order valence-corrected chi connectivity index (χ1v) is 12.2. The molecule has 2 heterocycles. The Bertz CT molecular complexity index is 1350. The summed E-state index contributed by atoms with van der Waals surface area (Å²) in [5.41, 5.74) is 3.85. The molecule has 0 aliphatic heterocycles.